The van der Waals surface area contributed by atoms with Gasteiger partial charge in [0.1, 0.15) is 24.9 Å². The molecule has 0 aliphatic carbocycles. The highest BCUT2D eigenvalue weighted by molar-refractivity contribution is 5.73. The van der Waals surface area contributed by atoms with Gasteiger partial charge in [0.15, 0.2) is 18.5 Å². The van der Waals surface area contributed by atoms with Gasteiger partial charge in [0.25, 0.3) is 0 Å². The van der Waals surface area contributed by atoms with Gasteiger partial charge in [0.2, 0.25) is 0 Å². The highest BCUT2D eigenvalue weighted by Crippen LogP contribution is 2.23. The van der Waals surface area contributed by atoms with Gasteiger partial charge in [0, 0.05) is 12.8 Å². The molecular weight excluding hydrogens is 741 g/mol. The SMILES string of the molecule is CCCCC/C=C\CCCCCCCC(=O)OCC(COC1OC(C(=O)O)C(O)C(O)C1O)OC(=O)CCCCCCCCCCCCCCCCCCCCCC. The molecule has 11 heteroatoms. The van der Waals surface area contributed by atoms with Crippen LogP contribution in [0.4, 0.5) is 0 Å². The molecule has 6 atom stereocenters. The number of aliphatic hydroxyl groups excluding tert-OH is 3. The molecule has 0 aromatic carbocycles. The van der Waals surface area contributed by atoms with Gasteiger partial charge in [-0.1, -0.05) is 180 Å². The Balaban J connectivity index is 2.31. The number of carboxylic acid groups (broad SMARTS) is 1. The third kappa shape index (κ3) is 29.2. The van der Waals surface area contributed by atoms with Crippen LogP contribution in [0, 0.1) is 0 Å². The van der Waals surface area contributed by atoms with Crippen LogP contribution >= 0.6 is 0 Å². The summed E-state index contributed by atoms with van der Waals surface area (Å²) in [4.78, 5) is 36.8. The summed E-state index contributed by atoms with van der Waals surface area (Å²) >= 11 is 0. The molecule has 1 heterocycles. The molecule has 4 N–H and O–H groups in total. The molecule has 11 nitrogen and oxygen atoms in total. The van der Waals surface area contributed by atoms with Crippen LogP contribution < -0.4 is 0 Å². The lowest BCUT2D eigenvalue weighted by atomic mass is 9.99. The molecule has 1 rings (SSSR count). The van der Waals surface area contributed by atoms with E-state index in [-0.39, 0.29) is 26.1 Å². The number of carbonyl (C=O) groups is 3. The second-order valence-electron chi connectivity index (χ2n) is 16.6. The molecule has 340 valence electrons. The summed E-state index contributed by atoms with van der Waals surface area (Å²) in [5.74, 6) is -2.44. The molecule has 0 aromatic rings. The van der Waals surface area contributed by atoms with Crippen molar-refractivity contribution in [3.8, 4) is 0 Å². The number of carbonyl (C=O) groups excluding carboxylic acids is 2. The van der Waals surface area contributed by atoms with E-state index in [1.54, 1.807) is 0 Å². The van der Waals surface area contributed by atoms with E-state index >= 15 is 0 Å². The van der Waals surface area contributed by atoms with E-state index < -0.39 is 54.7 Å². The maximum Gasteiger partial charge on any atom is 0.335 e. The Labute approximate surface area is 352 Å². The topological polar surface area (TPSA) is 169 Å². The van der Waals surface area contributed by atoms with E-state index in [9.17, 15) is 34.8 Å². The molecule has 1 saturated heterocycles. The largest absolute Gasteiger partial charge is 0.479 e. The van der Waals surface area contributed by atoms with Crippen LogP contribution in [0.25, 0.3) is 0 Å². The average Bonchev–Trinajstić information content (AvgIpc) is 3.21. The van der Waals surface area contributed by atoms with Gasteiger partial charge in [-0.3, -0.25) is 9.59 Å². The van der Waals surface area contributed by atoms with Crippen molar-refractivity contribution < 1.29 is 53.8 Å². The molecule has 1 aliphatic heterocycles. The van der Waals surface area contributed by atoms with Gasteiger partial charge < -0.3 is 39.4 Å². The van der Waals surface area contributed by atoms with Crippen LogP contribution in [0.3, 0.4) is 0 Å². The second kappa shape index (κ2) is 37.9. The molecule has 58 heavy (non-hydrogen) atoms. The maximum absolute atomic E-state index is 12.8. The number of hydrogen-bond acceptors (Lipinski definition) is 10. The molecule has 0 radical (unpaired) electrons. The molecule has 1 aliphatic rings. The van der Waals surface area contributed by atoms with Crippen LogP contribution in [0.2, 0.25) is 0 Å². The van der Waals surface area contributed by atoms with Crippen LogP contribution in [-0.2, 0) is 33.3 Å². The highest BCUT2D eigenvalue weighted by Gasteiger charge is 2.47. The standard InChI is InChI=1S/C47H86O11/c1-3-5-7-9-11-13-15-17-18-19-20-21-22-23-24-26-28-30-32-34-36-41(49)57-39(38-56-47-44(52)42(50)43(51)45(58-47)46(53)54)37-55-40(48)35-33-31-29-27-25-16-14-12-10-8-6-4-2/h12,14,39,42-45,47,50-52H,3-11,13,15-38H2,1-2H3,(H,53,54)/b14-12-. The van der Waals surface area contributed by atoms with Crippen LogP contribution in [0.5, 0.6) is 0 Å². The van der Waals surface area contributed by atoms with E-state index in [2.05, 4.69) is 26.0 Å². The Kier molecular flexibility index (Phi) is 35.3. The summed E-state index contributed by atoms with van der Waals surface area (Å²) in [6.07, 6.45) is 31.3. The lowest BCUT2D eigenvalue weighted by molar-refractivity contribution is -0.298. The van der Waals surface area contributed by atoms with Crippen molar-refractivity contribution in [1.29, 1.82) is 0 Å². The van der Waals surface area contributed by atoms with Gasteiger partial charge in [-0.2, -0.15) is 0 Å². The van der Waals surface area contributed by atoms with E-state index in [0.717, 1.165) is 57.8 Å². The summed E-state index contributed by atoms with van der Waals surface area (Å²) < 4.78 is 21.7. The molecule has 0 bridgehead atoms. The first-order chi connectivity index (χ1) is 28.2. The van der Waals surface area contributed by atoms with Gasteiger partial charge in [-0.05, 0) is 38.5 Å². The Morgan fingerprint density at radius 3 is 1.38 bits per heavy atom. The minimum atomic E-state index is -1.86. The van der Waals surface area contributed by atoms with Crippen molar-refractivity contribution in [1.82, 2.24) is 0 Å². The van der Waals surface area contributed by atoms with Crippen molar-refractivity contribution in [2.24, 2.45) is 0 Å². The number of allylic oxidation sites excluding steroid dienone is 2. The number of hydrogen-bond donors (Lipinski definition) is 4. The number of unbranched alkanes of at least 4 members (excludes halogenated alkanes) is 27. The fourth-order valence-electron chi connectivity index (χ4n) is 7.35. The van der Waals surface area contributed by atoms with Crippen molar-refractivity contribution in [3.63, 3.8) is 0 Å². The molecular formula is C47H86O11. The van der Waals surface area contributed by atoms with Crippen molar-refractivity contribution in [2.75, 3.05) is 13.2 Å². The zero-order chi connectivity index (χ0) is 42.5. The summed E-state index contributed by atoms with van der Waals surface area (Å²) in [5, 5.41) is 39.8. The number of esters is 2. The van der Waals surface area contributed by atoms with Gasteiger partial charge in [-0.25, -0.2) is 4.79 Å². The Bertz CT molecular complexity index is 1020. The minimum Gasteiger partial charge on any atom is -0.479 e. The number of rotatable bonds is 40. The number of aliphatic hydroxyl groups is 3. The zero-order valence-electron chi connectivity index (χ0n) is 36.8. The first-order valence-electron chi connectivity index (χ1n) is 23.7. The normalized spacial score (nSPS) is 20.1. The van der Waals surface area contributed by atoms with Gasteiger partial charge in [0.05, 0.1) is 6.61 Å². The smallest absolute Gasteiger partial charge is 0.335 e. The van der Waals surface area contributed by atoms with E-state index in [1.807, 2.05) is 0 Å². The summed E-state index contributed by atoms with van der Waals surface area (Å²) in [6.45, 7) is 3.80. The quantitative estimate of drug-likeness (QED) is 0.0263. The predicted octanol–water partition coefficient (Wildman–Crippen LogP) is 10.4. The molecule has 1 fully saturated rings. The number of aliphatic carboxylic acids is 1. The molecule has 0 spiro atoms. The maximum atomic E-state index is 12.8. The van der Waals surface area contributed by atoms with E-state index in [1.165, 1.54) is 122 Å². The van der Waals surface area contributed by atoms with Crippen molar-refractivity contribution >= 4 is 17.9 Å². The fourth-order valence-corrected chi connectivity index (χ4v) is 7.35. The Morgan fingerprint density at radius 1 is 0.517 bits per heavy atom. The third-order valence-electron chi connectivity index (χ3n) is 11.1. The number of carboxylic acids is 1. The minimum absolute atomic E-state index is 0.187. The first kappa shape index (κ1) is 54.0. The molecule has 0 saturated carbocycles. The molecule has 0 amide bonds. The second-order valence-corrected chi connectivity index (χ2v) is 16.6. The zero-order valence-corrected chi connectivity index (χ0v) is 36.8. The Morgan fingerprint density at radius 2 is 0.914 bits per heavy atom. The average molecular weight is 827 g/mol. The van der Waals surface area contributed by atoms with Crippen molar-refractivity contribution in [2.45, 2.75) is 256 Å². The summed E-state index contributed by atoms with van der Waals surface area (Å²) in [6, 6.07) is 0. The molecule has 6 unspecified atom stereocenters. The molecule has 0 aromatic heterocycles. The lowest BCUT2D eigenvalue weighted by Gasteiger charge is -2.38. The monoisotopic (exact) mass is 827 g/mol. The third-order valence-corrected chi connectivity index (χ3v) is 11.1. The van der Waals surface area contributed by atoms with Crippen LogP contribution in [-0.4, -0.2) is 88.4 Å². The first-order valence-corrected chi connectivity index (χ1v) is 23.7. The predicted molar refractivity (Wildman–Crippen MR) is 229 cm³/mol. The van der Waals surface area contributed by atoms with E-state index in [4.69, 9.17) is 18.9 Å². The highest BCUT2D eigenvalue weighted by atomic mass is 16.7. The summed E-state index contributed by atoms with van der Waals surface area (Å²) in [5.41, 5.74) is 0. The van der Waals surface area contributed by atoms with Gasteiger partial charge >= 0.3 is 17.9 Å². The van der Waals surface area contributed by atoms with Crippen LogP contribution in [0.1, 0.15) is 219 Å². The van der Waals surface area contributed by atoms with E-state index in [0.29, 0.717) is 12.8 Å². The fraction of sp³-hybridized carbons (Fsp3) is 0.894. The van der Waals surface area contributed by atoms with Crippen LogP contribution in [0.15, 0.2) is 12.2 Å². The van der Waals surface area contributed by atoms with Crippen molar-refractivity contribution in [3.05, 3.63) is 12.2 Å². The lowest BCUT2D eigenvalue weighted by Crippen LogP contribution is -2.60. The van der Waals surface area contributed by atoms with Gasteiger partial charge in [-0.15, -0.1) is 0 Å². The summed E-state index contributed by atoms with van der Waals surface area (Å²) in [7, 11) is 0. The Hall–Kier alpha value is -2.05. The number of ether oxygens (including phenoxy) is 4.